The van der Waals surface area contributed by atoms with Gasteiger partial charge in [0.25, 0.3) is 0 Å². The van der Waals surface area contributed by atoms with E-state index in [1.54, 1.807) is 0 Å². The zero-order valence-electron chi connectivity index (χ0n) is 28.5. The number of pyridine rings is 1. The molecule has 0 spiro atoms. The Hall–Kier alpha value is -6.29. The second kappa shape index (κ2) is 11.1. The lowest BCUT2D eigenvalue weighted by Crippen LogP contribution is -2.22. The zero-order valence-corrected chi connectivity index (χ0v) is 29.4. The third-order valence-corrected chi connectivity index (χ3v) is 12.4. The SMILES string of the molecule is CC1(c2ccccc2)c2cc3c(cc2-c2cc4c5ccccc5n(-c5cc(-c6ccccc6)cc(-c6ccccc6)n5)c4cc21)sc1ccccc13. The van der Waals surface area contributed by atoms with Gasteiger partial charge in [0, 0.05) is 41.9 Å². The highest BCUT2D eigenvalue weighted by atomic mass is 32.1. The van der Waals surface area contributed by atoms with Gasteiger partial charge in [0.15, 0.2) is 0 Å². The number of hydrogen-bond acceptors (Lipinski definition) is 2. The molecule has 2 nitrogen and oxygen atoms in total. The minimum Gasteiger partial charge on any atom is -0.294 e. The Morgan fingerprint density at radius 2 is 1.10 bits per heavy atom. The number of fused-ring (bicyclic) bond motifs is 9. The van der Waals surface area contributed by atoms with Crippen molar-refractivity contribution in [3.63, 3.8) is 0 Å². The van der Waals surface area contributed by atoms with Gasteiger partial charge in [-0.25, -0.2) is 4.98 Å². The van der Waals surface area contributed by atoms with Gasteiger partial charge in [0.05, 0.1) is 16.7 Å². The largest absolute Gasteiger partial charge is 0.294 e. The van der Waals surface area contributed by atoms with E-state index < -0.39 is 0 Å². The van der Waals surface area contributed by atoms with Crippen molar-refractivity contribution in [2.24, 2.45) is 0 Å². The fourth-order valence-corrected chi connectivity index (χ4v) is 9.85. The molecular weight excluding hydrogens is 649 g/mol. The van der Waals surface area contributed by atoms with Gasteiger partial charge in [-0.05, 0) is 94.4 Å². The third-order valence-electron chi connectivity index (χ3n) is 11.3. The average molecular weight is 681 g/mol. The van der Waals surface area contributed by atoms with E-state index in [-0.39, 0.29) is 5.41 Å². The maximum Gasteiger partial charge on any atom is 0.138 e. The molecule has 0 fully saturated rings. The van der Waals surface area contributed by atoms with Crippen molar-refractivity contribution in [1.82, 2.24) is 9.55 Å². The highest BCUT2D eigenvalue weighted by molar-refractivity contribution is 7.25. The highest BCUT2D eigenvalue weighted by Gasteiger charge is 2.42. The molecule has 10 aromatic rings. The molecule has 3 aromatic heterocycles. The van der Waals surface area contributed by atoms with Gasteiger partial charge in [-0.1, -0.05) is 127 Å². The van der Waals surface area contributed by atoms with Crippen molar-refractivity contribution in [2.45, 2.75) is 12.3 Å². The number of benzene rings is 7. The normalized spacial score (nSPS) is 15.1. The minimum absolute atomic E-state index is 0.354. The Morgan fingerprint density at radius 3 is 1.88 bits per heavy atom. The van der Waals surface area contributed by atoms with E-state index in [0.29, 0.717) is 0 Å². The first-order valence-corrected chi connectivity index (χ1v) is 18.7. The van der Waals surface area contributed by atoms with Gasteiger partial charge in [-0.15, -0.1) is 11.3 Å². The van der Waals surface area contributed by atoms with E-state index in [1.807, 2.05) is 11.3 Å². The number of thiophene rings is 1. The van der Waals surface area contributed by atoms with Crippen LogP contribution in [0.4, 0.5) is 0 Å². The van der Waals surface area contributed by atoms with E-state index >= 15 is 0 Å². The fraction of sp³-hybridized carbons (Fsp3) is 0.0408. The molecule has 1 unspecified atom stereocenters. The van der Waals surface area contributed by atoms with E-state index in [2.05, 4.69) is 187 Å². The Balaban J connectivity index is 1.24. The predicted octanol–water partition coefficient (Wildman–Crippen LogP) is 13.2. The van der Waals surface area contributed by atoms with Crippen molar-refractivity contribution < 1.29 is 0 Å². The Labute approximate surface area is 305 Å². The second-order valence-corrected chi connectivity index (χ2v) is 15.2. The summed E-state index contributed by atoms with van der Waals surface area (Å²) in [7, 11) is 0. The predicted molar refractivity (Wildman–Crippen MR) is 220 cm³/mol. The van der Waals surface area contributed by atoms with E-state index in [9.17, 15) is 0 Å². The summed E-state index contributed by atoms with van der Waals surface area (Å²) in [5, 5.41) is 5.13. The summed E-state index contributed by atoms with van der Waals surface area (Å²) in [6.45, 7) is 2.42. The van der Waals surface area contributed by atoms with Gasteiger partial charge >= 0.3 is 0 Å². The average Bonchev–Trinajstić information content (AvgIpc) is 3.83. The van der Waals surface area contributed by atoms with Crippen LogP contribution in [0.1, 0.15) is 23.6 Å². The molecule has 0 saturated carbocycles. The molecule has 0 N–H and O–H groups in total. The Bertz CT molecular complexity index is 2950. The van der Waals surface area contributed by atoms with Gasteiger partial charge in [-0.2, -0.15) is 0 Å². The highest BCUT2D eigenvalue weighted by Crippen LogP contribution is 2.56. The van der Waals surface area contributed by atoms with Crippen molar-refractivity contribution >= 4 is 53.3 Å². The Kier molecular flexibility index (Phi) is 6.29. The fourth-order valence-electron chi connectivity index (χ4n) is 8.72. The molecule has 3 heterocycles. The van der Waals surface area contributed by atoms with Crippen LogP contribution in [0, 0.1) is 0 Å². The molecule has 1 atom stereocenters. The molecule has 1 aliphatic rings. The molecule has 0 bridgehead atoms. The van der Waals surface area contributed by atoms with Crippen molar-refractivity contribution in [2.75, 3.05) is 0 Å². The first-order valence-electron chi connectivity index (χ1n) is 17.9. The summed E-state index contributed by atoms with van der Waals surface area (Å²) in [6, 6.07) is 64.3. The molecule has 3 heteroatoms. The summed E-state index contributed by atoms with van der Waals surface area (Å²) >= 11 is 1.89. The summed E-state index contributed by atoms with van der Waals surface area (Å²) in [5.41, 5.74) is 13.0. The number of para-hydroxylation sites is 1. The topological polar surface area (TPSA) is 17.8 Å². The first kappa shape index (κ1) is 29.4. The van der Waals surface area contributed by atoms with Gasteiger partial charge in [0.2, 0.25) is 0 Å². The van der Waals surface area contributed by atoms with Crippen molar-refractivity contribution in [3.8, 4) is 39.3 Å². The molecule has 0 aliphatic heterocycles. The van der Waals surface area contributed by atoms with E-state index in [1.165, 1.54) is 69.8 Å². The molecular formula is C49H32N2S. The molecule has 11 rings (SSSR count). The molecule has 0 saturated heterocycles. The van der Waals surface area contributed by atoms with Crippen LogP contribution in [0.2, 0.25) is 0 Å². The maximum atomic E-state index is 5.42. The lowest BCUT2D eigenvalue weighted by atomic mass is 9.74. The molecule has 0 radical (unpaired) electrons. The molecule has 7 aromatic carbocycles. The van der Waals surface area contributed by atoms with Crippen molar-refractivity contribution in [3.05, 3.63) is 193 Å². The van der Waals surface area contributed by atoms with Crippen LogP contribution in [0.5, 0.6) is 0 Å². The van der Waals surface area contributed by atoms with Gasteiger partial charge in [-0.3, -0.25) is 4.57 Å². The summed E-state index contributed by atoms with van der Waals surface area (Å²) in [6.07, 6.45) is 0. The van der Waals surface area contributed by atoms with E-state index in [4.69, 9.17) is 4.98 Å². The van der Waals surface area contributed by atoms with Crippen LogP contribution in [0.25, 0.3) is 81.3 Å². The molecule has 1 aliphatic carbocycles. The standard InChI is InChI=1S/C49H32N2S/c1-49(34-19-9-4-10-20-34)41-28-40-36-22-12-14-24-46(36)52-47(40)29-38(41)37-27-39-35-21-11-13-23-44(35)51(45(39)30-42(37)49)48-26-33(31-15-5-2-6-16-31)25-43(50-48)32-17-7-3-8-18-32/h2-30H,1H3. The Morgan fingerprint density at radius 1 is 0.462 bits per heavy atom. The summed E-state index contributed by atoms with van der Waals surface area (Å²) < 4.78 is 5.06. The zero-order chi connectivity index (χ0) is 34.4. The van der Waals surface area contributed by atoms with Crippen molar-refractivity contribution in [1.29, 1.82) is 0 Å². The number of nitrogens with zero attached hydrogens (tertiary/aromatic N) is 2. The summed E-state index contributed by atoms with van der Waals surface area (Å²) in [4.78, 5) is 5.42. The minimum atomic E-state index is -0.354. The quantitative estimate of drug-likeness (QED) is 0.181. The molecule has 0 amide bonds. The van der Waals surface area contributed by atoms with Crippen LogP contribution < -0.4 is 0 Å². The van der Waals surface area contributed by atoms with Crippen LogP contribution in [0.3, 0.4) is 0 Å². The second-order valence-electron chi connectivity index (χ2n) is 14.1. The van der Waals surface area contributed by atoms with Gasteiger partial charge in [0.1, 0.15) is 5.82 Å². The monoisotopic (exact) mass is 680 g/mol. The molecule has 244 valence electrons. The van der Waals surface area contributed by atoms with E-state index in [0.717, 1.165) is 28.2 Å². The van der Waals surface area contributed by atoms with Crippen LogP contribution in [-0.4, -0.2) is 9.55 Å². The number of aromatic nitrogens is 2. The maximum absolute atomic E-state index is 5.42. The first-order chi connectivity index (χ1) is 25.6. The van der Waals surface area contributed by atoms with Crippen LogP contribution in [0.15, 0.2) is 176 Å². The summed E-state index contributed by atoms with van der Waals surface area (Å²) in [5.74, 6) is 0.912. The van der Waals surface area contributed by atoms with Gasteiger partial charge < -0.3 is 0 Å². The van der Waals surface area contributed by atoms with Crippen LogP contribution >= 0.6 is 11.3 Å². The number of hydrogen-bond donors (Lipinski definition) is 0. The smallest absolute Gasteiger partial charge is 0.138 e. The number of rotatable bonds is 4. The molecule has 52 heavy (non-hydrogen) atoms. The lowest BCUT2D eigenvalue weighted by molar-refractivity contribution is 0.715. The van der Waals surface area contributed by atoms with Crippen LogP contribution in [-0.2, 0) is 5.41 Å². The third kappa shape index (κ3) is 4.20. The lowest BCUT2D eigenvalue weighted by Gasteiger charge is -2.28.